The van der Waals surface area contributed by atoms with Crippen LogP contribution in [0.1, 0.15) is 4.88 Å². The van der Waals surface area contributed by atoms with Crippen molar-refractivity contribution in [1.82, 2.24) is 15.1 Å². The smallest absolute Gasteiger partial charge is 0.263 e. The first kappa shape index (κ1) is 13.1. The SMILES string of the molecule is CNCc1cc(S(=O)(=O)Nc2ccn(C)n2)cs1. The van der Waals surface area contributed by atoms with Gasteiger partial charge < -0.3 is 5.32 Å². The molecule has 2 N–H and O–H groups in total. The van der Waals surface area contributed by atoms with Crippen molar-refractivity contribution in [1.29, 1.82) is 0 Å². The fourth-order valence-corrected chi connectivity index (χ4v) is 3.72. The first-order chi connectivity index (χ1) is 8.51. The molecule has 2 aromatic rings. The second-order valence-corrected chi connectivity index (χ2v) is 6.44. The zero-order valence-corrected chi connectivity index (χ0v) is 11.7. The van der Waals surface area contributed by atoms with E-state index in [-0.39, 0.29) is 4.90 Å². The summed E-state index contributed by atoms with van der Waals surface area (Å²) in [6, 6.07) is 3.27. The van der Waals surface area contributed by atoms with Gasteiger partial charge in [-0.25, -0.2) is 8.42 Å². The average Bonchev–Trinajstić information content (AvgIpc) is 2.88. The van der Waals surface area contributed by atoms with Crippen molar-refractivity contribution in [3.05, 3.63) is 28.6 Å². The Morgan fingerprint density at radius 1 is 1.50 bits per heavy atom. The topological polar surface area (TPSA) is 76.0 Å². The fourth-order valence-electron chi connectivity index (χ4n) is 1.43. The van der Waals surface area contributed by atoms with Crippen molar-refractivity contribution >= 4 is 27.2 Å². The molecular weight excluding hydrogens is 272 g/mol. The number of hydrogen-bond donors (Lipinski definition) is 2. The van der Waals surface area contributed by atoms with Crippen LogP contribution in [0.3, 0.4) is 0 Å². The number of nitrogens with zero attached hydrogens (tertiary/aromatic N) is 2. The fraction of sp³-hybridized carbons (Fsp3) is 0.300. The summed E-state index contributed by atoms with van der Waals surface area (Å²) in [6.07, 6.45) is 1.68. The molecule has 0 unspecified atom stereocenters. The highest BCUT2D eigenvalue weighted by atomic mass is 32.2. The Morgan fingerprint density at radius 3 is 2.89 bits per heavy atom. The number of nitrogens with one attached hydrogen (secondary N) is 2. The number of aromatic nitrogens is 2. The lowest BCUT2D eigenvalue weighted by Gasteiger charge is -2.02. The van der Waals surface area contributed by atoms with Gasteiger partial charge in [0.15, 0.2) is 5.82 Å². The molecule has 0 aliphatic carbocycles. The van der Waals surface area contributed by atoms with Crippen molar-refractivity contribution < 1.29 is 8.42 Å². The van der Waals surface area contributed by atoms with Gasteiger partial charge in [-0.3, -0.25) is 9.40 Å². The van der Waals surface area contributed by atoms with Crippen molar-refractivity contribution in [3.8, 4) is 0 Å². The van der Waals surface area contributed by atoms with Crippen LogP contribution in [0.5, 0.6) is 0 Å². The van der Waals surface area contributed by atoms with Gasteiger partial charge in [-0.2, -0.15) is 5.10 Å². The number of thiophene rings is 1. The molecule has 0 aliphatic rings. The molecule has 0 spiro atoms. The van der Waals surface area contributed by atoms with Crippen LogP contribution >= 0.6 is 11.3 Å². The molecule has 18 heavy (non-hydrogen) atoms. The van der Waals surface area contributed by atoms with Gasteiger partial charge in [0.25, 0.3) is 10.0 Å². The van der Waals surface area contributed by atoms with Crippen LogP contribution in [0, 0.1) is 0 Å². The van der Waals surface area contributed by atoms with Gasteiger partial charge in [-0.1, -0.05) is 0 Å². The Hall–Kier alpha value is -1.38. The highest BCUT2D eigenvalue weighted by Crippen LogP contribution is 2.21. The lowest BCUT2D eigenvalue weighted by atomic mass is 10.5. The predicted molar refractivity (Wildman–Crippen MR) is 71.1 cm³/mol. The van der Waals surface area contributed by atoms with E-state index in [1.165, 1.54) is 16.0 Å². The normalized spacial score (nSPS) is 11.7. The van der Waals surface area contributed by atoms with Gasteiger partial charge in [-0.15, -0.1) is 11.3 Å². The molecule has 98 valence electrons. The Labute approximate surface area is 110 Å². The van der Waals surface area contributed by atoms with Gasteiger partial charge in [0.05, 0.1) is 4.90 Å². The van der Waals surface area contributed by atoms with E-state index in [4.69, 9.17) is 0 Å². The van der Waals surface area contributed by atoms with Crippen molar-refractivity contribution in [2.75, 3.05) is 11.8 Å². The van der Waals surface area contributed by atoms with Gasteiger partial charge in [-0.05, 0) is 13.1 Å². The molecular formula is C10H14N4O2S2. The second-order valence-electron chi connectivity index (χ2n) is 3.76. The predicted octanol–water partition coefficient (Wildman–Crippen LogP) is 1.00. The summed E-state index contributed by atoms with van der Waals surface area (Å²) in [7, 11) is 0.00838. The van der Waals surface area contributed by atoms with E-state index in [9.17, 15) is 8.42 Å². The van der Waals surface area contributed by atoms with E-state index in [0.29, 0.717) is 12.4 Å². The third kappa shape index (κ3) is 2.89. The van der Waals surface area contributed by atoms with Crippen molar-refractivity contribution in [3.63, 3.8) is 0 Å². The summed E-state index contributed by atoms with van der Waals surface area (Å²) in [4.78, 5) is 1.24. The summed E-state index contributed by atoms with van der Waals surface area (Å²) in [5, 5.41) is 8.59. The van der Waals surface area contributed by atoms with Crippen LogP contribution in [0.15, 0.2) is 28.6 Å². The highest BCUT2D eigenvalue weighted by Gasteiger charge is 2.17. The van der Waals surface area contributed by atoms with Crippen molar-refractivity contribution in [2.24, 2.45) is 7.05 Å². The molecule has 0 aliphatic heterocycles. The van der Waals surface area contributed by atoms with Gasteiger partial charge >= 0.3 is 0 Å². The number of anilines is 1. The second kappa shape index (κ2) is 5.09. The minimum atomic E-state index is -3.54. The molecule has 2 rings (SSSR count). The molecule has 0 fully saturated rings. The molecule has 0 amide bonds. The maximum Gasteiger partial charge on any atom is 0.263 e. The minimum absolute atomic E-state index is 0.267. The Morgan fingerprint density at radius 2 is 2.28 bits per heavy atom. The van der Waals surface area contributed by atoms with Gasteiger partial charge in [0.2, 0.25) is 0 Å². The summed E-state index contributed by atoms with van der Waals surface area (Å²) >= 11 is 1.41. The number of rotatable bonds is 5. The molecule has 2 aromatic heterocycles. The quantitative estimate of drug-likeness (QED) is 0.860. The third-order valence-electron chi connectivity index (χ3n) is 2.24. The van der Waals surface area contributed by atoms with E-state index >= 15 is 0 Å². The summed E-state index contributed by atoms with van der Waals surface area (Å²) in [5.41, 5.74) is 0. The molecule has 0 aromatic carbocycles. The summed E-state index contributed by atoms with van der Waals surface area (Å²) < 4.78 is 28.1. The monoisotopic (exact) mass is 286 g/mol. The lowest BCUT2D eigenvalue weighted by molar-refractivity contribution is 0.601. The van der Waals surface area contributed by atoms with Crippen LogP contribution < -0.4 is 10.0 Å². The van der Waals surface area contributed by atoms with E-state index in [2.05, 4.69) is 15.1 Å². The summed E-state index contributed by atoms with van der Waals surface area (Å²) in [5.74, 6) is 0.318. The molecule has 0 saturated heterocycles. The van der Waals surface area contributed by atoms with E-state index in [1.807, 2.05) is 7.05 Å². The largest absolute Gasteiger partial charge is 0.315 e. The zero-order chi connectivity index (χ0) is 13.2. The maximum atomic E-state index is 12.1. The first-order valence-electron chi connectivity index (χ1n) is 5.26. The molecule has 0 saturated carbocycles. The molecule has 2 heterocycles. The number of aryl methyl sites for hydroxylation is 1. The van der Waals surface area contributed by atoms with Crippen LogP contribution in [0.25, 0.3) is 0 Å². The Kier molecular flexibility index (Phi) is 3.69. The molecule has 0 bridgehead atoms. The van der Waals surface area contributed by atoms with Gasteiger partial charge in [0.1, 0.15) is 0 Å². The molecule has 0 radical (unpaired) electrons. The van der Waals surface area contributed by atoms with E-state index in [1.54, 1.807) is 30.8 Å². The molecule has 8 heteroatoms. The number of hydrogen-bond acceptors (Lipinski definition) is 5. The lowest BCUT2D eigenvalue weighted by Crippen LogP contribution is -2.13. The molecule has 6 nitrogen and oxygen atoms in total. The maximum absolute atomic E-state index is 12.1. The zero-order valence-electron chi connectivity index (χ0n) is 10.0. The van der Waals surface area contributed by atoms with Crippen LogP contribution in [-0.4, -0.2) is 25.2 Å². The van der Waals surface area contributed by atoms with E-state index in [0.717, 1.165) is 4.88 Å². The Bertz CT molecular complexity index is 630. The van der Waals surface area contributed by atoms with Crippen LogP contribution in [-0.2, 0) is 23.6 Å². The Balaban J connectivity index is 2.19. The number of sulfonamides is 1. The van der Waals surface area contributed by atoms with Crippen LogP contribution in [0.4, 0.5) is 5.82 Å². The minimum Gasteiger partial charge on any atom is -0.315 e. The van der Waals surface area contributed by atoms with Gasteiger partial charge in [0, 0.05) is 36.1 Å². The first-order valence-corrected chi connectivity index (χ1v) is 7.62. The van der Waals surface area contributed by atoms with Crippen molar-refractivity contribution in [2.45, 2.75) is 11.4 Å². The van der Waals surface area contributed by atoms with Crippen LogP contribution in [0.2, 0.25) is 0 Å². The molecule has 0 atom stereocenters. The third-order valence-corrected chi connectivity index (χ3v) is 4.66. The average molecular weight is 286 g/mol. The van der Waals surface area contributed by atoms with E-state index < -0.39 is 10.0 Å². The summed E-state index contributed by atoms with van der Waals surface area (Å²) in [6.45, 7) is 0.657. The highest BCUT2D eigenvalue weighted by molar-refractivity contribution is 7.92. The standard InChI is InChI=1S/C10H14N4O2S2/c1-11-6-8-5-9(7-17-8)18(15,16)13-10-3-4-14(2)12-10/h3-5,7,11H,6H2,1-2H3,(H,12,13).